The third-order valence-electron chi connectivity index (χ3n) is 3.89. The highest BCUT2D eigenvalue weighted by Gasteiger charge is 2.36. The van der Waals surface area contributed by atoms with Crippen LogP contribution in [0.4, 0.5) is 0 Å². The van der Waals surface area contributed by atoms with Gasteiger partial charge in [-0.15, -0.1) is 5.10 Å². The molecule has 1 unspecified atom stereocenters. The minimum Gasteiger partial charge on any atom is -0.467 e. The van der Waals surface area contributed by atoms with Gasteiger partial charge in [-0.3, -0.25) is 9.89 Å². The predicted molar refractivity (Wildman–Crippen MR) is 69.0 cm³/mol. The molecule has 20 heavy (non-hydrogen) atoms. The van der Waals surface area contributed by atoms with E-state index in [1.54, 1.807) is 0 Å². The molecule has 1 atom stereocenters. The van der Waals surface area contributed by atoms with E-state index in [1.165, 1.54) is 12.0 Å². The van der Waals surface area contributed by atoms with Crippen molar-refractivity contribution in [1.29, 1.82) is 0 Å². The Balaban J connectivity index is 1.77. The quantitative estimate of drug-likeness (QED) is 0.828. The highest BCUT2D eigenvalue weighted by molar-refractivity contribution is 5.93. The van der Waals surface area contributed by atoms with Gasteiger partial charge in [0.15, 0.2) is 0 Å². The van der Waals surface area contributed by atoms with E-state index in [0.29, 0.717) is 18.9 Å². The summed E-state index contributed by atoms with van der Waals surface area (Å²) in [6.45, 7) is 0.548. The molecule has 1 saturated heterocycles. The van der Waals surface area contributed by atoms with Crippen molar-refractivity contribution < 1.29 is 14.3 Å². The number of methoxy groups -OCH3 is 1. The number of H-pyrrole nitrogens is 1. The number of esters is 1. The molecule has 2 heterocycles. The minimum atomic E-state index is -0.510. The van der Waals surface area contributed by atoms with Gasteiger partial charge < -0.3 is 9.64 Å². The number of likely N-dealkylation sites (tertiary alicyclic amines) is 1. The normalized spacial score (nSPS) is 22.6. The molecule has 1 aromatic rings. The van der Waals surface area contributed by atoms with Gasteiger partial charge in [-0.25, -0.2) is 9.78 Å². The fourth-order valence-electron chi connectivity index (χ4n) is 2.59. The van der Waals surface area contributed by atoms with Crippen LogP contribution >= 0.6 is 0 Å². The Morgan fingerprint density at radius 2 is 2.10 bits per heavy atom. The summed E-state index contributed by atoms with van der Waals surface area (Å²) in [6.07, 6.45) is 4.64. The first-order valence-electron chi connectivity index (χ1n) is 7.02. The first kappa shape index (κ1) is 13.1. The largest absolute Gasteiger partial charge is 0.467 e. The second-order valence-corrected chi connectivity index (χ2v) is 5.35. The lowest BCUT2D eigenvalue weighted by atomic mass is 10.0. The maximum atomic E-state index is 12.5. The average Bonchev–Trinajstić information content (AvgIpc) is 3.23. The molecule has 0 radical (unpaired) electrons. The smallest absolute Gasteiger partial charge is 0.328 e. The molecule has 1 saturated carbocycles. The standard InChI is InChI=1S/C13H18N4O3/c1-20-13(19)9-4-2-3-7-17(9)12(18)11-14-10(15-16-11)8-5-6-8/h8-9H,2-7H2,1H3,(H,14,15,16). The summed E-state index contributed by atoms with van der Waals surface area (Å²) >= 11 is 0. The van der Waals surface area contributed by atoms with E-state index in [0.717, 1.165) is 31.5 Å². The molecule has 0 spiro atoms. The lowest BCUT2D eigenvalue weighted by molar-refractivity contribution is -0.147. The van der Waals surface area contributed by atoms with Crippen molar-refractivity contribution in [2.45, 2.75) is 44.1 Å². The monoisotopic (exact) mass is 278 g/mol. The predicted octanol–water partition coefficient (Wildman–Crippen LogP) is 0.850. The lowest BCUT2D eigenvalue weighted by Crippen LogP contribution is -2.48. The van der Waals surface area contributed by atoms with Gasteiger partial charge in [0.1, 0.15) is 11.9 Å². The molecule has 2 aliphatic rings. The zero-order valence-electron chi connectivity index (χ0n) is 11.5. The van der Waals surface area contributed by atoms with Crippen molar-refractivity contribution in [1.82, 2.24) is 20.1 Å². The third kappa shape index (κ3) is 2.39. The van der Waals surface area contributed by atoms with Crippen molar-refractivity contribution in [3.8, 4) is 0 Å². The number of aromatic nitrogens is 3. The average molecular weight is 278 g/mol. The molecule has 7 heteroatoms. The molecule has 108 valence electrons. The van der Waals surface area contributed by atoms with Crippen molar-refractivity contribution in [2.24, 2.45) is 0 Å². The maximum Gasteiger partial charge on any atom is 0.328 e. The van der Waals surface area contributed by atoms with Crippen molar-refractivity contribution in [3.63, 3.8) is 0 Å². The molecule has 0 aromatic carbocycles. The number of piperidine rings is 1. The number of ether oxygens (including phenoxy) is 1. The molecule has 1 N–H and O–H groups in total. The van der Waals surface area contributed by atoms with Crippen LogP contribution in [0.2, 0.25) is 0 Å². The highest BCUT2D eigenvalue weighted by atomic mass is 16.5. The van der Waals surface area contributed by atoms with Crippen LogP contribution in [0.1, 0.15) is 54.5 Å². The number of carbonyl (C=O) groups is 2. The fourth-order valence-corrected chi connectivity index (χ4v) is 2.59. The van der Waals surface area contributed by atoms with Gasteiger partial charge in [-0.05, 0) is 32.1 Å². The maximum absolute atomic E-state index is 12.5. The van der Waals surface area contributed by atoms with Crippen LogP contribution in [0.15, 0.2) is 0 Å². The Bertz CT molecular complexity index is 523. The number of nitrogens with one attached hydrogen (secondary N) is 1. The van der Waals surface area contributed by atoms with E-state index in [9.17, 15) is 9.59 Å². The van der Waals surface area contributed by atoms with Gasteiger partial charge in [0, 0.05) is 12.5 Å². The third-order valence-corrected chi connectivity index (χ3v) is 3.89. The number of aromatic amines is 1. The van der Waals surface area contributed by atoms with Gasteiger partial charge >= 0.3 is 5.97 Å². The van der Waals surface area contributed by atoms with Crippen LogP contribution in [-0.2, 0) is 9.53 Å². The van der Waals surface area contributed by atoms with Crippen LogP contribution in [0.3, 0.4) is 0 Å². The first-order valence-corrected chi connectivity index (χ1v) is 7.02. The Morgan fingerprint density at radius 1 is 1.30 bits per heavy atom. The Labute approximate surface area is 116 Å². The summed E-state index contributed by atoms with van der Waals surface area (Å²) in [5.74, 6) is 0.698. The summed E-state index contributed by atoms with van der Waals surface area (Å²) in [5.41, 5.74) is 0. The zero-order chi connectivity index (χ0) is 14.1. The molecule has 7 nitrogen and oxygen atoms in total. The van der Waals surface area contributed by atoms with Gasteiger partial charge in [0.2, 0.25) is 5.82 Å². The molecule has 2 fully saturated rings. The van der Waals surface area contributed by atoms with Crippen LogP contribution in [0.25, 0.3) is 0 Å². The Kier molecular flexibility index (Phi) is 3.42. The van der Waals surface area contributed by atoms with Crippen molar-refractivity contribution in [3.05, 3.63) is 11.6 Å². The van der Waals surface area contributed by atoms with E-state index in [4.69, 9.17) is 4.74 Å². The molecule has 3 rings (SSSR count). The SMILES string of the molecule is COC(=O)C1CCCCN1C(=O)c1n[nH]c(C2CC2)n1. The molecule has 1 amide bonds. The summed E-state index contributed by atoms with van der Waals surface area (Å²) in [7, 11) is 1.34. The molecule has 1 aromatic heterocycles. The number of carbonyl (C=O) groups excluding carboxylic acids is 2. The molecule has 1 aliphatic carbocycles. The zero-order valence-corrected chi connectivity index (χ0v) is 11.5. The second kappa shape index (κ2) is 5.22. The molecule has 1 aliphatic heterocycles. The topological polar surface area (TPSA) is 88.2 Å². The number of hydrogen-bond acceptors (Lipinski definition) is 5. The lowest BCUT2D eigenvalue weighted by Gasteiger charge is -2.32. The van der Waals surface area contributed by atoms with Crippen molar-refractivity contribution in [2.75, 3.05) is 13.7 Å². The highest BCUT2D eigenvalue weighted by Crippen LogP contribution is 2.37. The van der Waals surface area contributed by atoms with Crippen LogP contribution < -0.4 is 0 Å². The van der Waals surface area contributed by atoms with Crippen LogP contribution in [0.5, 0.6) is 0 Å². The van der Waals surface area contributed by atoms with Gasteiger partial charge in [-0.1, -0.05) is 0 Å². The Morgan fingerprint density at radius 3 is 2.80 bits per heavy atom. The summed E-state index contributed by atoms with van der Waals surface area (Å²) in [6, 6.07) is -0.510. The minimum absolute atomic E-state index is 0.155. The number of rotatable bonds is 3. The first-order chi connectivity index (χ1) is 9.70. The summed E-state index contributed by atoms with van der Waals surface area (Å²) < 4.78 is 4.78. The van der Waals surface area contributed by atoms with E-state index in [1.807, 2.05) is 0 Å². The van der Waals surface area contributed by atoms with Crippen LogP contribution in [-0.4, -0.2) is 51.7 Å². The van der Waals surface area contributed by atoms with E-state index in [-0.39, 0.29) is 17.7 Å². The second-order valence-electron chi connectivity index (χ2n) is 5.35. The van der Waals surface area contributed by atoms with E-state index >= 15 is 0 Å². The summed E-state index contributed by atoms with van der Waals surface area (Å²) in [5, 5.41) is 6.81. The number of hydrogen-bond donors (Lipinski definition) is 1. The van der Waals surface area contributed by atoms with Gasteiger partial charge in [0.05, 0.1) is 7.11 Å². The Hall–Kier alpha value is -1.92. The molecular weight excluding hydrogens is 260 g/mol. The fraction of sp³-hybridized carbons (Fsp3) is 0.692. The van der Waals surface area contributed by atoms with Gasteiger partial charge in [-0.2, -0.15) is 0 Å². The molecule has 0 bridgehead atoms. The van der Waals surface area contributed by atoms with E-state index < -0.39 is 6.04 Å². The van der Waals surface area contributed by atoms with Gasteiger partial charge in [0.25, 0.3) is 5.91 Å². The molecular formula is C13H18N4O3. The van der Waals surface area contributed by atoms with Crippen LogP contribution in [0, 0.1) is 0 Å². The summed E-state index contributed by atoms with van der Waals surface area (Å²) in [4.78, 5) is 30.0. The number of amides is 1. The van der Waals surface area contributed by atoms with E-state index in [2.05, 4.69) is 15.2 Å². The number of nitrogens with zero attached hydrogens (tertiary/aromatic N) is 3. The van der Waals surface area contributed by atoms with Crippen molar-refractivity contribution >= 4 is 11.9 Å².